The van der Waals surface area contributed by atoms with Gasteiger partial charge in [0.2, 0.25) is 0 Å². The van der Waals surface area contributed by atoms with Crippen LogP contribution in [0.4, 0.5) is 0 Å². The van der Waals surface area contributed by atoms with Crippen molar-refractivity contribution in [2.75, 3.05) is 40.0 Å². The molecule has 0 spiro atoms. The standard InChI is InChI=1S/C19H23N3O3/c1-20-15-6-4-3-5-14(15)18-16(20)13-17(22(18)9-10-24-2)19(23)21-7-11-25-12-8-21/h3-6,13H,7-12H2,1-2H3. The SMILES string of the molecule is COCCn1c(C(=O)N2CCOCC2)cc2c1c1ccccc1n2C. The first kappa shape index (κ1) is 16.2. The number of aryl methyl sites for hydroxylation is 1. The van der Waals surface area contributed by atoms with E-state index >= 15 is 0 Å². The first-order valence-electron chi connectivity index (χ1n) is 8.65. The Hall–Kier alpha value is -2.31. The first-order chi connectivity index (χ1) is 12.2. The summed E-state index contributed by atoms with van der Waals surface area (Å²) in [6, 6.07) is 10.3. The zero-order valence-corrected chi connectivity index (χ0v) is 14.7. The first-order valence-corrected chi connectivity index (χ1v) is 8.65. The number of fused-ring (bicyclic) bond motifs is 3. The molecular formula is C19H23N3O3. The van der Waals surface area contributed by atoms with Crippen molar-refractivity contribution in [1.82, 2.24) is 14.0 Å². The van der Waals surface area contributed by atoms with E-state index in [1.165, 1.54) is 5.52 Å². The van der Waals surface area contributed by atoms with E-state index in [-0.39, 0.29) is 5.91 Å². The number of rotatable bonds is 4. The van der Waals surface area contributed by atoms with Gasteiger partial charge in [0.15, 0.2) is 0 Å². The lowest BCUT2D eigenvalue weighted by molar-refractivity contribution is 0.0295. The summed E-state index contributed by atoms with van der Waals surface area (Å²) in [6.45, 7) is 3.71. The van der Waals surface area contributed by atoms with Crippen molar-refractivity contribution in [1.29, 1.82) is 0 Å². The van der Waals surface area contributed by atoms with Crippen molar-refractivity contribution < 1.29 is 14.3 Å². The summed E-state index contributed by atoms with van der Waals surface area (Å²) in [5, 5.41) is 1.16. The van der Waals surface area contributed by atoms with Crippen LogP contribution in [0.25, 0.3) is 21.9 Å². The minimum absolute atomic E-state index is 0.0692. The van der Waals surface area contributed by atoms with Crippen molar-refractivity contribution in [2.45, 2.75) is 6.54 Å². The fraction of sp³-hybridized carbons (Fsp3) is 0.421. The van der Waals surface area contributed by atoms with Crippen LogP contribution in [0.3, 0.4) is 0 Å². The molecule has 0 bridgehead atoms. The highest BCUT2D eigenvalue weighted by Gasteiger charge is 2.25. The maximum absolute atomic E-state index is 13.1. The van der Waals surface area contributed by atoms with Crippen molar-refractivity contribution >= 4 is 27.8 Å². The van der Waals surface area contributed by atoms with Gasteiger partial charge in [-0.25, -0.2) is 0 Å². The quantitative estimate of drug-likeness (QED) is 0.731. The monoisotopic (exact) mass is 341 g/mol. The number of hydrogen-bond acceptors (Lipinski definition) is 3. The molecule has 3 aromatic rings. The molecule has 1 aliphatic rings. The van der Waals surface area contributed by atoms with Gasteiger partial charge in [0, 0.05) is 39.2 Å². The van der Waals surface area contributed by atoms with Crippen LogP contribution < -0.4 is 0 Å². The third-order valence-electron chi connectivity index (χ3n) is 5.00. The summed E-state index contributed by atoms with van der Waals surface area (Å²) in [5.74, 6) is 0.0692. The Morgan fingerprint density at radius 1 is 1.20 bits per heavy atom. The van der Waals surface area contributed by atoms with Gasteiger partial charge in [-0.3, -0.25) is 4.79 Å². The number of carbonyl (C=O) groups excluding carboxylic acids is 1. The largest absolute Gasteiger partial charge is 0.383 e. The fourth-order valence-electron chi connectivity index (χ4n) is 3.69. The summed E-state index contributed by atoms with van der Waals surface area (Å²) in [6.07, 6.45) is 0. The van der Waals surface area contributed by atoms with Crippen LogP contribution in [-0.4, -0.2) is 60.0 Å². The van der Waals surface area contributed by atoms with Crippen molar-refractivity contribution in [3.8, 4) is 0 Å². The Morgan fingerprint density at radius 2 is 1.96 bits per heavy atom. The molecule has 1 saturated heterocycles. The van der Waals surface area contributed by atoms with Crippen molar-refractivity contribution in [3.63, 3.8) is 0 Å². The van der Waals surface area contributed by atoms with Gasteiger partial charge >= 0.3 is 0 Å². The molecule has 6 heteroatoms. The van der Waals surface area contributed by atoms with E-state index in [1.807, 2.05) is 30.1 Å². The molecule has 1 amide bonds. The zero-order chi connectivity index (χ0) is 17.4. The van der Waals surface area contributed by atoms with E-state index in [0.717, 1.165) is 22.1 Å². The molecule has 0 unspecified atom stereocenters. The maximum atomic E-state index is 13.1. The summed E-state index contributed by atoms with van der Waals surface area (Å²) in [5.41, 5.74) is 4.08. The van der Waals surface area contributed by atoms with Gasteiger partial charge in [-0.2, -0.15) is 0 Å². The van der Waals surface area contributed by atoms with Gasteiger partial charge in [-0.1, -0.05) is 18.2 Å². The van der Waals surface area contributed by atoms with Crippen LogP contribution in [0.1, 0.15) is 10.5 Å². The molecule has 1 aliphatic heterocycles. The number of benzene rings is 1. The highest BCUT2D eigenvalue weighted by atomic mass is 16.5. The third kappa shape index (κ3) is 2.62. The molecule has 4 rings (SSSR count). The number of amides is 1. The van der Waals surface area contributed by atoms with Crippen LogP contribution in [0, 0.1) is 0 Å². The van der Waals surface area contributed by atoms with Gasteiger partial charge in [0.25, 0.3) is 5.91 Å². The lowest BCUT2D eigenvalue weighted by Gasteiger charge is -2.27. The highest BCUT2D eigenvalue weighted by Crippen LogP contribution is 2.31. The average molecular weight is 341 g/mol. The van der Waals surface area contributed by atoms with Crippen LogP contribution in [0.5, 0.6) is 0 Å². The Balaban J connectivity index is 1.88. The molecule has 25 heavy (non-hydrogen) atoms. The molecule has 2 aromatic heterocycles. The Labute approximate surface area is 146 Å². The molecule has 0 N–H and O–H groups in total. The molecule has 0 aliphatic carbocycles. The van der Waals surface area contributed by atoms with Gasteiger partial charge < -0.3 is 23.5 Å². The molecule has 1 fully saturated rings. The van der Waals surface area contributed by atoms with E-state index in [1.54, 1.807) is 7.11 Å². The summed E-state index contributed by atoms with van der Waals surface area (Å²) in [4.78, 5) is 15.0. The number of aromatic nitrogens is 2. The van der Waals surface area contributed by atoms with Gasteiger partial charge in [0.05, 0.1) is 36.4 Å². The topological polar surface area (TPSA) is 48.6 Å². The molecule has 1 aromatic carbocycles. The van der Waals surface area contributed by atoms with E-state index in [9.17, 15) is 4.79 Å². The second-order valence-corrected chi connectivity index (χ2v) is 6.39. The molecule has 6 nitrogen and oxygen atoms in total. The molecule has 3 heterocycles. The van der Waals surface area contributed by atoms with E-state index in [0.29, 0.717) is 39.5 Å². The molecule has 0 radical (unpaired) electrons. The summed E-state index contributed by atoms with van der Waals surface area (Å²) >= 11 is 0. The highest BCUT2D eigenvalue weighted by molar-refractivity contribution is 6.10. The normalized spacial score (nSPS) is 15.4. The van der Waals surface area contributed by atoms with Gasteiger partial charge in [-0.05, 0) is 12.1 Å². The maximum Gasteiger partial charge on any atom is 0.270 e. The minimum Gasteiger partial charge on any atom is -0.383 e. The van der Waals surface area contributed by atoms with Crippen molar-refractivity contribution in [3.05, 3.63) is 36.0 Å². The Bertz CT molecular complexity index is 919. The lowest BCUT2D eigenvalue weighted by atomic mass is 10.2. The molecule has 132 valence electrons. The molecule has 0 atom stereocenters. The fourth-order valence-corrected chi connectivity index (χ4v) is 3.69. The number of para-hydroxylation sites is 1. The second kappa shape index (κ2) is 6.54. The van der Waals surface area contributed by atoms with E-state index in [2.05, 4.69) is 21.3 Å². The number of nitrogens with zero attached hydrogens (tertiary/aromatic N) is 3. The van der Waals surface area contributed by atoms with E-state index < -0.39 is 0 Å². The second-order valence-electron chi connectivity index (χ2n) is 6.39. The van der Waals surface area contributed by atoms with Crippen LogP contribution in [0.15, 0.2) is 30.3 Å². The predicted molar refractivity (Wildman–Crippen MR) is 97.0 cm³/mol. The predicted octanol–water partition coefficient (Wildman–Crippen LogP) is 2.25. The van der Waals surface area contributed by atoms with Crippen LogP contribution in [-0.2, 0) is 23.1 Å². The minimum atomic E-state index is 0.0692. The van der Waals surface area contributed by atoms with Crippen LogP contribution >= 0.6 is 0 Å². The smallest absolute Gasteiger partial charge is 0.270 e. The lowest BCUT2D eigenvalue weighted by Crippen LogP contribution is -2.41. The third-order valence-corrected chi connectivity index (χ3v) is 5.00. The number of methoxy groups -OCH3 is 1. The number of carbonyl (C=O) groups is 1. The van der Waals surface area contributed by atoms with Gasteiger partial charge in [-0.15, -0.1) is 0 Å². The summed E-state index contributed by atoms with van der Waals surface area (Å²) < 4.78 is 14.9. The average Bonchev–Trinajstić information content (AvgIpc) is 3.17. The number of morpholine rings is 1. The Kier molecular flexibility index (Phi) is 4.23. The summed E-state index contributed by atoms with van der Waals surface area (Å²) in [7, 11) is 3.74. The van der Waals surface area contributed by atoms with Gasteiger partial charge in [0.1, 0.15) is 5.69 Å². The Morgan fingerprint density at radius 3 is 2.72 bits per heavy atom. The van der Waals surface area contributed by atoms with E-state index in [4.69, 9.17) is 9.47 Å². The van der Waals surface area contributed by atoms with Crippen molar-refractivity contribution in [2.24, 2.45) is 7.05 Å². The molecular weight excluding hydrogens is 318 g/mol. The zero-order valence-electron chi connectivity index (χ0n) is 14.7. The number of ether oxygens (including phenoxy) is 2. The molecule has 0 saturated carbocycles. The van der Waals surface area contributed by atoms with Crippen LogP contribution in [0.2, 0.25) is 0 Å². The number of hydrogen-bond donors (Lipinski definition) is 0.